The van der Waals surface area contributed by atoms with Gasteiger partial charge < -0.3 is 9.80 Å². The molecule has 2 atom stereocenters. The number of carbonyl (C=O) groups is 2. The molecule has 90 valence electrons. The number of rotatable bonds is 3. The van der Waals surface area contributed by atoms with Gasteiger partial charge in [0.15, 0.2) is 0 Å². The SMILES string of the molecule is CSCCN1C(=O)C2CCCN2C(=O)C1C. The Balaban J connectivity index is 2.13. The lowest BCUT2D eigenvalue weighted by Gasteiger charge is -2.40. The second-order valence-corrected chi connectivity index (χ2v) is 5.38. The zero-order chi connectivity index (χ0) is 11.7. The fourth-order valence-corrected chi connectivity index (χ4v) is 2.92. The van der Waals surface area contributed by atoms with E-state index in [0.29, 0.717) is 6.54 Å². The van der Waals surface area contributed by atoms with Crippen molar-refractivity contribution in [3.63, 3.8) is 0 Å². The van der Waals surface area contributed by atoms with Crippen molar-refractivity contribution in [2.45, 2.75) is 31.8 Å². The van der Waals surface area contributed by atoms with Gasteiger partial charge in [0, 0.05) is 18.8 Å². The predicted molar refractivity (Wildman–Crippen MR) is 64.3 cm³/mol. The number of carbonyl (C=O) groups excluding carboxylic acids is 2. The van der Waals surface area contributed by atoms with E-state index in [-0.39, 0.29) is 23.9 Å². The molecule has 2 aliphatic heterocycles. The van der Waals surface area contributed by atoms with Gasteiger partial charge in [-0.15, -0.1) is 0 Å². The van der Waals surface area contributed by atoms with Crippen molar-refractivity contribution in [1.82, 2.24) is 9.80 Å². The highest BCUT2D eigenvalue weighted by Crippen LogP contribution is 2.26. The molecule has 2 heterocycles. The van der Waals surface area contributed by atoms with E-state index in [0.717, 1.165) is 25.1 Å². The molecule has 0 bridgehead atoms. The van der Waals surface area contributed by atoms with Gasteiger partial charge in [-0.3, -0.25) is 9.59 Å². The van der Waals surface area contributed by atoms with Gasteiger partial charge >= 0.3 is 0 Å². The summed E-state index contributed by atoms with van der Waals surface area (Å²) in [5.41, 5.74) is 0. The monoisotopic (exact) mass is 242 g/mol. The van der Waals surface area contributed by atoms with Crippen LogP contribution in [0.15, 0.2) is 0 Å². The second-order valence-electron chi connectivity index (χ2n) is 4.39. The lowest BCUT2D eigenvalue weighted by molar-refractivity contribution is -0.158. The van der Waals surface area contributed by atoms with Crippen LogP contribution in [0.1, 0.15) is 19.8 Å². The summed E-state index contributed by atoms with van der Waals surface area (Å²) in [4.78, 5) is 27.8. The van der Waals surface area contributed by atoms with Gasteiger partial charge in [-0.1, -0.05) is 0 Å². The third kappa shape index (κ3) is 1.81. The Bertz CT molecular complexity index is 308. The molecule has 5 heteroatoms. The predicted octanol–water partition coefficient (Wildman–Crippen LogP) is 0.571. The third-order valence-electron chi connectivity index (χ3n) is 3.47. The highest BCUT2D eigenvalue weighted by Gasteiger charge is 2.45. The van der Waals surface area contributed by atoms with E-state index in [4.69, 9.17) is 0 Å². The van der Waals surface area contributed by atoms with Crippen molar-refractivity contribution in [1.29, 1.82) is 0 Å². The quantitative estimate of drug-likeness (QED) is 0.726. The Morgan fingerprint density at radius 2 is 2.12 bits per heavy atom. The molecule has 0 aromatic carbocycles. The van der Waals surface area contributed by atoms with Gasteiger partial charge in [0.1, 0.15) is 12.1 Å². The number of hydrogen-bond donors (Lipinski definition) is 0. The summed E-state index contributed by atoms with van der Waals surface area (Å²) in [5.74, 6) is 1.18. The minimum atomic E-state index is -0.269. The van der Waals surface area contributed by atoms with E-state index >= 15 is 0 Å². The van der Waals surface area contributed by atoms with Crippen LogP contribution < -0.4 is 0 Å². The molecular formula is C11H18N2O2S. The van der Waals surface area contributed by atoms with E-state index in [1.807, 2.05) is 13.2 Å². The molecule has 0 radical (unpaired) electrons. The molecule has 2 aliphatic rings. The van der Waals surface area contributed by atoms with Crippen molar-refractivity contribution in [2.75, 3.05) is 25.1 Å². The molecule has 16 heavy (non-hydrogen) atoms. The molecule has 2 amide bonds. The van der Waals surface area contributed by atoms with E-state index < -0.39 is 0 Å². The molecule has 0 saturated carbocycles. The number of piperazine rings is 1. The largest absolute Gasteiger partial charge is 0.329 e. The first-order chi connectivity index (χ1) is 7.66. The van der Waals surface area contributed by atoms with Gasteiger partial charge in [0.25, 0.3) is 0 Å². The molecule has 0 aromatic heterocycles. The van der Waals surface area contributed by atoms with E-state index in [2.05, 4.69) is 0 Å². The summed E-state index contributed by atoms with van der Waals surface area (Å²) < 4.78 is 0. The Morgan fingerprint density at radius 3 is 2.81 bits per heavy atom. The van der Waals surface area contributed by atoms with Crippen LogP contribution in [0.5, 0.6) is 0 Å². The van der Waals surface area contributed by atoms with Crippen LogP contribution in [0, 0.1) is 0 Å². The lowest BCUT2D eigenvalue weighted by Crippen LogP contribution is -2.62. The smallest absolute Gasteiger partial charge is 0.246 e. The molecule has 0 spiro atoms. The molecule has 2 rings (SSSR count). The van der Waals surface area contributed by atoms with Crippen LogP contribution in [0.2, 0.25) is 0 Å². The standard InChI is InChI=1S/C11H18N2O2S/c1-8-10(14)13-5-3-4-9(13)11(15)12(8)6-7-16-2/h8-9H,3-7H2,1-2H3. The third-order valence-corrected chi connectivity index (χ3v) is 4.06. The Labute approximate surface area is 100 Å². The van der Waals surface area contributed by atoms with Crippen molar-refractivity contribution in [2.24, 2.45) is 0 Å². The average molecular weight is 242 g/mol. The summed E-state index contributed by atoms with van der Waals surface area (Å²) in [7, 11) is 0. The minimum Gasteiger partial charge on any atom is -0.329 e. The van der Waals surface area contributed by atoms with Crippen molar-refractivity contribution in [3.8, 4) is 0 Å². The first-order valence-corrected chi connectivity index (χ1v) is 7.16. The number of thioether (sulfide) groups is 1. The van der Waals surface area contributed by atoms with Crippen molar-refractivity contribution in [3.05, 3.63) is 0 Å². The van der Waals surface area contributed by atoms with Crippen LogP contribution in [0.4, 0.5) is 0 Å². The number of hydrogen-bond acceptors (Lipinski definition) is 3. The lowest BCUT2D eigenvalue weighted by atomic mass is 10.1. The fraction of sp³-hybridized carbons (Fsp3) is 0.818. The van der Waals surface area contributed by atoms with Crippen molar-refractivity contribution >= 4 is 23.6 Å². The maximum atomic E-state index is 12.2. The molecule has 0 N–H and O–H groups in total. The maximum absolute atomic E-state index is 12.2. The van der Waals surface area contributed by atoms with Gasteiger partial charge in [0.05, 0.1) is 0 Å². The number of fused-ring (bicyclic) bond motifs is 1. The maximum Gasteiger partial charge on any atom is 0.246 e. The van der Waals surface area contributed by atoms with E-state index in [9.17, 15) is 9.59 Å². The second kappa shape index (κ2) is 4.65. The molecule has 0 aromatic rings. The fourth-order valence-electron chi connectivity index (χ4n) is 2.54. The average Bonchev–Trinajstić information content (AvgIpc) is 2.75. The molecular weight excluding hydrogens is 224 g/mol. The van der Waals surface area contributed by atoms with Gasteiger partial charge in [-0.25, -0.2) is 0 Å². The Morgan fingerprint density at radius 1 is 1.38 bits per heavy atom. The summed E-state index contributed by atoms with van der Waals surface area (Å²) >= 11 is 1.71. The van der Waals surface area contributed by atoms with E-state index in [1.165, 1.54) is 0 Å². The van der Waals surface area contributed by atoms with Crippen LogP contribution in [-0.2, 0) is 9.59 Å². The number of nitrogens with zero attached hydrogens (tertiary/aromatic N) is 2. The van der Waals surface area contributed by atoms with Crippen LogP contribution in [0.25, 0.3) is 0 Å². The van der Waals surface area contributed by atoms with Gasteiger partial charge in [-0.2, -0.15) is 11.8 Å². The summed E-state index contributed by atoms with van der Waals surface area (Å²) in [6.45, 7) is 3.29. The topological polar surface area (TPSA) is 40.6 Å². The minimum absolute atomic E-state index is 0.128. The Hall–Kier alpha value is -0.710. The molecule has 4 nitrogen and oxygen atoms in total. The molecule has 2 unspecified atom stereocenters. The first-order valence-electron chi connectivity index (χ1n) is 5.76. The molecule has 2 fully saturated rings. The zero-order valence-electron chi connectivity index (χ0n) is 9.81. The summed E-state index contributed by atoms with van der Waals surface area (Å²) in [6.07, 6.45) is 3.82. The summed E-state index contributed by atoms with van der Waals surface area (Å²) in [5, 5.41) is 0. The zero-order valence-corrected chi connectivity index (χ0v) is 10.6. The summed E-state index contributed by atoms with van der Waals surface area (Å²) in [6, 6.07) is -0.431. The van der Waals surface area contributed by atoms with Crippen LogP contribution >= 0.6 is 11.8 Å². The highest BCUT2D eigenvalue weighted by molar-refractivity contribution is 7.98. The van der Waals surface area contributed by atoms with Gasteiger partial charge in [0.2, 0.25) is 11.8 Å². The van der Waals surface area contributed by atoms with Gasteiger partial charge in [-0.05, 0) is 26.0 Å². The molecule has 2 saturated heterocycles. The first kappa shape index (κ1) is 11.8. The van der Waals surface area contributed by atoms with Crippen molar-refractivity contribution < 1.29 is 9.59 Å². The Kier molecular flexibility index (Phi) is 3.42. The van der Waals surface area contributed by atoms with E-state index in [1.54, 1.807) is 21.6 Å². The molecule has 0 aliphatic carbocycles. The van der Waals surface area contributed by atoms with Crippen LogP contribution in [-0.4, -0.2) is 58.8 Å². The van der Waals surface area contributed by atoms with Crippen LogP contribution in [0.3, 0.4) is 0 Å². The number of amides is 2. The normalized spacial score (nSPS) is 29.9. The highest BCUT2D eigenvalue weighted by atomic mass is 32.2.